The molecule has 2 aromatic carbocycles. The van der Waals surface area contributed by atoms with Crippen LogP contribution in [0.4, 0.5) is 0 Å². The number of phenolic OH excluding ortho intramolecular Hbond substituents is 1. The Kier molecular flexibility index (Phi) is 5.82. The normalized spacial score (nSPS) is 21.6. The van der Waals surface area contributed by atoms with Gasteiger partial charge in [0, 0.05) is 17.0 Å². The zero-order valence-electron chi connectivity index (χ0n) is 19.2. The number of aliphatic hydroxyl groups excluding tert-OH is 1. The molecule has 4 rings (SSSR count). The fourth-order valence-corrected chi connectivity index (χ4v) is 4.63. The number of ether oxygens (including phenoxy) is 3. The molecule has 2 aliphatic rings. The van der Waals surface area contributed by atoms with Crippen LogP contribution < -0.4 is 14.2 Å². The maximum absolute atomic E-state index is 11.4. The predicted octanol–water partition coefficient (Wildman–Crippen LogP) is 5.30. The summed E-state index contributed by atoms with van der Waals surface area (Å²) in [6.07, 6.45) is 2.45. The molecule has 0 fully saturated rings. The zero-order valence-corrected chi connectivity index (χ0v) is 19.2. The maximum Gasteiger partial charge on any atom is 0.135 e. The summed E-state index contributed by atoms with van der Waals surface area (Å²) in [4.78, 5) is 0. The van der Waals surface area contributed by atoms with E-state index in [1.54, 1.807) is 7.11 Å². The van der Waals surface area contributed by atoms with E-state index in [1.165, 1.54) is 0 Å². The van der Waals surface area contributed by atoms with Gasteiger partial charge in [0.2, 0.25) is 0 Å². The van der Waals surface area contributed by atoms with Crippen molar-refractivity contribution in [3.63, 3.8) is 0 Å². The molecule has 0 bridgehead atoms. The lowest BCUT2D eigenvalue weighted by Gasteiger charge is -2.39. The minimum Gasteiger partial charge on any atom is -0.507 e. The fourth-order valence-electron chi connectivity index (χ4n) is 4.63. The highest BCUT2D eigenvalue weighted by atomic mass is 16.5. The lowest BCUT2D eigenvalue weighted by Crippen LogP contribution is -2.34. The Hall–Kier alpha value is -2.40. The van der Waals surface area contributed by atoms with Crippen molar-refractivity contribution in [2.45, 2.75) is 71.0 Å². The summed E-state index contributed by atoms with van der Waals surface area (Å²) in [6.45, 7) is 8.85. The molecule has 2 atom stereocenters. The highest BCUT2D eigenvalue weighted by molar-refractivity contribution is 5.65. The third-order valence-corrected chi connectivity index (χ3v) is 6.56. The van der Waals surface area contributed by atoms with Crippen LogP contribution >= 0.6 is 0 Å². The van der Waals surface area contributed by atoms with Crippen LogP contribution in [0.3, 0.4) is 0 Å². The number of hydrogen-bond acceptors (Lipinski definition) is 5. The van der Waals surface area contributed by atoms with E-state index in [0.717, 1.165) is 47.5 Å². The van der Waals surface area contributed by atoms with Crippen molar-refractivity contribution < 1.29 is 24.4 Å². The Morgan fingerprint density at radius 3 is 2.52 bits per heavy atom. The molecule has 0 radical (unpaired) electrons. The van der Waals surface area contributed by atoms with Crippen LogP contribution in [0.1, 0.15) is 74.8 Å². The standard InChI is InChI=1S/C26H34O5/c1-15(2)6-11-18-22(27)21-23(28)20(16-7-9-17(29-5)10-8-16)14-30-25(21)19-12-13-26(3,4)31-24(18)19/h7-10,15,20,23,27-28H,6,11-14H2,1-5H3. The lowest BCUT2D eigenvalue weighted by atomic mass is 9.81. The SMILES string of the molecule is COc1ccc(C2COc3c4c(c(CCC(C)C)c(O)c3C2O)OC(C)(C)CC4)cc1. The number of benzene rings is 2. The van der Waals surface area contributed by atoms with Crippen LogP contribution in [0, 0.1) is 5.92 Å². The van der Waals surface area contributed by atoms with Gasteiger partial charge in [0.05, 0.1) is 25.4 Å². The van der Waals surface area contributed by atoms with E-state index in [-0.39, 0.29) is 17.3 Å². The van der Waals surface area contributed by atoms with Gasteiger partial charge >= 0.3 is 0 Å². The Labute approximate surface area is 185 Å². The first-order valence-electron chi connectivity index (χ1n) is 11.3. The van der Waals surface area contributed by atoms with Crippen LogP contribution in [-0.4, -0.2) is 29.5 Å². The molecule has 2 aliphatic heterocycles. The van der Waals surface area contributed by atoms with E-state index >= 15 is 0 Å². The van der Waals surface area contributed by atoms with E-state index in [9.17, 15) is 10.2 Å². The molecule has 31 heavy (non-hydrogen) atoms. The monoisotopic (exact) mass is 426 g/mol. The van der Waals surface area contributed by atoms with Crippen LogP contribution in [0.25, 0.3) is 0 Å². The van der Waals surface area contributed by atoms with Gasteiger partial charge in [-0.15, -0.1) is 0 Å². The number of aromatic hydroxyl groups is 1. The number of rotatable bonds is 5. The lowest BCUT2D eigenvalue weighted by molar-refractivity contribution is 0.0692. The third kappa shape index (κ3) is 4.08. The van der Waals surface area contributed by atoms with Crippen LogP contribution in [0.5, 0.6) is 23.0 Å². The Morgan fingerprint density at radius 1 is 1.16 bits per heavy atom. The summed E-state index contributed by atoms with van der Waals surface area (Å²) >= 11 is 0. The molecule has 0 aromatic heterocycles. The molecule has 2 aromatic rings. The van der Waals surface area contributed by atoms with E-state index in [2.05, 4.69) is 27.7 Å². The van der Waals surface area contributed by atoms with Crippen molar-refractivity contribution in [3.8, 4) is 23.0 Å². The third-order valence-electron chi connectivity index (χ3n) is 6.56. The maximum atomic E-state index is 11.4. The van der Waals surface area contributed by atoms with Crippen molar-refractivity contribution in [2.75, 3.05) is 13.7 Å². The molecule has 0 amide bonds. The largest absolute Gasteiger partial charge is 0.507 e. The van der Waals surface area contributed by atoms with Crippen molar-refractivity contribution in [3.05, 3.63) is 46.5 Å². The zero-order chi connectivity index (χ0) is 22.3. The molecule has 2 unspecified atom stereocenters. The number of fused-ring (bicyclic) bond motifs is 3. The molecular weight excluding hydrogens is 392 g/mol. The van der Waals surface area contributed by atoms with E-state index in [4.69, 9.17) is 14.2 Å². The number of hydrogen-bond donors (Lipinski definition) is 2. The Balaban J connectivity index is 1.79. The quantitative estimate of drug-likeness (QED) is 0.679. The minimum atomic E-state index is -0.852. The van der Waals surface area contributed by atoms with Gasteiger partial charge < -0.3 is 24.4 Å². The van der Waals surface area contributed by atoms with Gasteiger partial charge in [-0.05, 0) is 63.1 Å². The highest BCUT2D eigenvalue weighted by Crippen LogP contribution is 2.54. The molecule has 2 heterocycles. The van der Waals surface area contributed by atoms with Gasteiger partial charge in [-0.3, -0.25) is 0 Å². The van der Waals surface area contributed by atoms with E-state index in [1.807, 2.05) is 24.3 Å². The first kappa shape index (κ1) is 21.8. The van der Waals surface area contributed by atoms with E-state index < -0.39 is 6.10 Å². The van der Waals surface area contributed by atoms with Crippen molar-refractivity contribution in [1.82, 2.24) is 0 Å². The van der Waals surface area contributed by atoms with Crippen LogP contribution in [0.2, 0.25) is 0 Å². The van der Waals surface area contributed by atoms with Gasteiger partial charge in [-0.2, -0.15) is 0 Å². The summed E-state index contributed by atoms with van der Waals surface area (Å²) in [5.41, 5.74) is 2.95. The first-order valence-corrected chi connectivity index (χ1v) is 11.3. The second kappa shape index (κ2) is 8.27. The topological polar surface area (TPSA) is 68.2 Å². The van der Waals surface area contributed by atoms with Crippen molar-refractivity contribution in [2.24, 2.45) is 5.92 Å². The van der Waals surface area contributed by atoms with Gasteiger partial charge in [-0.1, -0.05) is 26.0 Å². The molecule has 2 N–H and O–H groups in total. The molecular formula is C26H34O5. The summed E-state index contributed by atoms with van der Waals surface area (Å²) in [6, 6.07) is 7.66. The second-order valence-electron chi connectivity index (χ2n) is 9.81. The predicted molar refractivity (Wildman–Crippen MR) is 120 cm³/mol. The highest BCUT2D eigenvalue weighted by Gasteiger charge is 2.40. The van der Waals surface area contributed by atoms with Gasteiger partial charge in [0.1, 0.15) is 28.6 Å². The summed E-state index contributed by atoms with van der Waals surface area (Å²) < 4.78 is 17.8. The molecule has 0 saturated carbocycles. The first-order chi connectivity index (χ1) is 14.7. The smallest absolute Gasteiger partial charge is 0.135 e. The Morgan fingerprint density at radius 2 is 1.87 bits per heavy atom. The summed E-state index contributed by atoms with van der Waals surface area (Å²) in [7, 11) is 1.63. The van der Waals surface area contributed by atoms with Gasteiger partial charge in [0.15, 0.2) is 0 Å². The second-order valence-corrected chi connectivity index (χ2v) is 9.81. The molecule has 0 aliphatic carbocycles. The minimum absolute atomic E-state index is 0.123. The van der Waals surface area contributed by atoms with E-state index in [0.29, 0.717) is 30.3 Å². The van der Waals surface area contributed by atoms with Crippen molar-refractivity contribution in [1.29, 1.82) is 0 Å². The van der Waals surface area contributed by atoms with Gasteiger partial charge in [0.25, 0.3) is 0 Å². The molecule has 0 saturated heterocycles. The van der Waals surface area contributed by atoms with Gasteiger partial charge in [-0.25, -0.2) is 0 Å². The van der Waals surface area contributed by atoms with Crippen LogP contribution in [-0.2, 0) is 12.8 Å². The Bertz CT molecular complexity index is 946. The van der Waals surface area contributed by atoms with Crippen LogP contribution in [0.15, 0.2) is 24.3 Å². The number of methoxy groups -OCH3 is 1. The molecule has 5 nitrogen and oxygen atoms in total. The molecule has 168 valence electrons. The fraction of sp³-hybridized carbons (Fsp3) is 0.538. The summed E-state index contributed by atoms with van der Waals surface area (Å²) in [5, 5.41) is 22.7. The number of phenols is 1. The molecule has 5 heteroatoms. The average Bonchev–Trinajstić information content (AvgIpc) is 2.72. The van der Waals surface area contributed by atoms with Crippen molar-refractivity contribution >= 4 is 0 Å². The number of aliphatic hydroxyl groups is 1. The summed E-state index contributed by atoms with van der Waals surface area (Å²) in [5.74, 6) is 2.48. The molecule has 0 spiro atoms. The average molecular weight is 427 g/mol.